The molecule has 0 saturated heterocycles. The number of hydrogen-bond acceptors (Lipinski definition) is 8. The fourth-order valence-corrected chi connectivity index (χ4v) is 5.50. The topological polar surface area (TPSA) is 114 Å². The number of likely N-dealkylation sites (N-methyl/N-ethyl adjacent to an activating group) is 1. The lowest BCUT2D eigenvalue weighted by Crippen LogP contribution is -2.45. The fraction of sp³-hybridized carbons (Fsp3) is 0.500. The van der Waals surface area contributed by atoms with Crippen LogP contribution < -0.4 is 14.8 Å². The van der Waals surface area contributed by atoms with Crippen molar-refractivity contribution in [2.24, 2.45) is 5.92 Å². The van der Waals surface area contributed by atoms with Gasteiger partial charge in [-0.05, 0) is 55.5 Å². The van der Waals surface area contributed by atoms with E-state index in [0.717, 1.165) is 54.8 Å². The molecule has 0 atom stereocenters. The van der Waals surface area contributed by atoms with E-state index >= 15 is 0 Å². The molecule has 2 N–H and O–H groups in total. The Bertz CT molecular complexity index is 1280. The van der Waals surface area contributed by atoms with Crippen LogP contribution >= 0.6 is 0 Å². The molecule has 3 heterocycles. The Morgan fingerprint density at radius 3 is 2.79 bits per heavy atom. The molecule has 5 rings (SSSR count). The average molecular weight is 472 g/mol. The summed E-state index contributed by atoms with van der Waals surface area (Å²) in [7, 11) is 0.628. The molecule has 2 aromatic heterocycles. The van der Waals surface area contributed by atoms with Gasteiger partial charge in [-0.3, -0.25) is 0 Å². The first-order chi connectivity index (χ1) is 15.8. The summed E-state index contributed by atoms with van der Waals surface area (Å²) in [5, 5.41) is 8.68. The minimum atomic E-state index is -3.17. The number of benzene rings is 1. The Balaban J connectivity index is 1.34. The number of methoxy groups -OCH3 is 1. The van der Waals surface area contributed by atoms with Crippen molar-refractivity contribution in [1.29, 1.82) is 0 Å². The van der Waals surface area contributed by atoms with Gasteiger partial charge >= 0.3 is 0 Å². The summed E-state index contributed by atoms with van der Waals surface area (Å²) < 4.78 is 33.0. The number of aromatic nitrogens is 4. The van der Waals surface area contributed by atoms with Crippen molar-refractivity contribution in [2.75, 3.05) is 32.3 Å². The van der Waals surface area contributed by atoms with E-state index in [1.54, 1.807) is 19.5 Å². The quantitative estimate of drug-likeness (QED) is 0.537. The van der Waals surface area contributed by atoms with E-state index < -0.39 is 10.0 Å². The Kier molecular flexibility index (Phi) is 5.71. The van der Waals surface area contributed by atoms with E-state index in [4.69, 9.17) is 9.72 Å². The number of nitrogens with zero attached hydrogens (tertiary/aromatic N) is 5. The molecule has 0 unspecified atom stereocenters. The predicted molar refractivity (Wildman–Crippen MR) is 126 cm³/mol. The van der Waals surface area contributed by atoms with Crippen molar-refractivity contribution in [2.45, 2.75) is 38.4 Å². The van der Waals surface area contributed by atoms with Crippen LogP contribution in [0.4, 0.5) is 11.6 Å². The van der Waals surface area contributed by atoms with Gasteiger partial charge in [0.15, 0.2) is 5.65 Å². The van der Waals surface area contributed by atoms with Gasteiger partial charge in [0.25, 0.3) is 0 Å². The van der Waals surface area contributed by atoms with Gasteiger partial charge in [-0.2, -0.15) is 10.1 Å². The summed E-state index contributed by atoms with van der Waals surface area (Å²) in [6.45, 7) is 2.63. The molecule has 2 aliphatic rings. The highest BCUT2D eigenvalue weighted by Gasteiger charge is 2.31. The molecule has 1 fully saturated rings. The molecule has 1 aliphatic carbocycles. The van der Waals surface area contributed by atoms with Crippen molar-refractivity contribution < 1.29 is 13.2 Å². The molecule has 176 valence electrons. The number of rotatable bonds is 7. The zero-order chi connectivity index (χ0) is 23.2. The number of anilines is 2. The zero-order valence-corrected chi connectivity index (χ0v) is 19.9. The van der Waals surface area contributed by atoms with Crippen LogP contribution in [0.5, 0.6) is 5.75 Å². The molecule has 0 radical (unpaired) electrons. The van der Waals surface area contributed by atoms with E-state index in [0.29, 0.717) is 18.4 Å². The fourth-order valence-electron chi connectivity index (χ4n) is 4.70. The summed E-state index contributed by atoms with van der Waals surface area (Å²) in [6, 6.07) is 4.23. The first-order valence-corrected chi connectivity index (χ1v) is 13.0. The maximum absolute atomic E-state index is 11.4. The molecule has 1 aliphatic heterocycles. The molecule has 1 saturated carbocycles. The number of sulfonamides is 1. The third-order valence-corrected chi connectivity index (χ3v) is 7.16. The molecule has 0 amide bonds. The molecule has 11 heteroatoms. The molecule has 33 heavy (non-hydrogen) atoms. The lowest BCUT2D eigenvalue weighted by molar-refractivity contribution is 0.216. The van der Waals surface area contributed by atoms with Crippen LogP contribution in [0.1, 0.15) is 24.0 Å². The van der Waals surface area contributed by atoms with Gasteiger partial charge < -0.3 is 15.0 Å². The van der Waals surface area contributed by atoms with Crippen molar-refractivity contribution in [1.82, 2.24) is 29.4 Å². The van der Waals surface area contributed by atoms with Crippen LogP contribution in [0.2, 0.25) is 0 Å². The number of fused-ring (bicyclic) bond motifs is 2. The smallest absolute Gasteiger partial charge is 0.229 e. The zero-order valence-electron chi connectivity index (χ0n) is 19.1. The third kappa shape index (κ3) is 4.80. The summed E-state index contributed by atoms with van der Waals surface area (Å²) in [5.41, 5.74) is 4.18. The maximum Gasteiger partial charge on any atom is 0.229 e. The van der Waals surface area contributed by atoms with Gasteiger partial charge in [0.2, 0.25) is 16.0 Å². The highest BCUT2D eigenvalue weighted by Crippen LogP contribution is 2.33. The van der Waals surface area contributed by atoms with Gasteiger partial charge in [0.05, 0.1) is 30.6 Å². The summed E-state index contributed by atoms with van der Waals surface area (Å²) in [4.78, 5) is 11.5. The number of hydrogen-bond donors (Lipinski definition) is 2. The van der Waals surface area contributed by atoms with Crippen molar-refractivity contribution in [3.8, 4) is 5.75 Å². The summed E-state index contributed by atoms with van der Waals surface area (Å²) in [5.74, 6) is 1.61. The van der Waals surface area contributed by atoms with Gasteiger partial charge in [0.1, 0.15) is 5.75 Å². The van der Waals surface area contributed by atoms with Gasteiger partial charge in [0, 0.05) is 31.9 Å². The second kappa shape index (κ2) is 8.54. The molecular formula is C22H29N7O3S. The van der Waals surface area contributed by atoms with Gasteiger partial charge in [-0.25, -0.2) is 22.8 Å². The minimum absolute atomic E-state index is 0.00852. The molecule has 1 aromatic carbocycles. The lowest BCUT2D eigenvalue weighted by Gasteiger charge is -2.35. The van der Waals surface area contributed by atoms with Crippen LogP contribution in [0.25, 0.3) is 11.0 Å². The Hall–Kier alpha value is -2.76. The van der Waals surface area contributed by atoms with E-state index in [1.807, 2.05) is 4.68 Å². The number of nitrogens with one attached hydrogen (secondary N) is 2. The van der Waals surface area contributed by atoms with E-state index in [9.17, 15) is 8.42 Å². The summed E-state index contributed by atoms with van der Waals surface area (Å²) in [6.07, 6.45) is 7.33. The van der Waals surface area contributed by atoms with Crippen molar-refractivity contribution in [3.05, 3.63) is 35.7 Å². The van der Waals surface area contributed by atoms with Crippen LogP contribution in [0.15, 0.2) is 24.5 Å². The van der Waals surface area contributed by atoms with E-state index in [2.05, 4.69) is 44.2 Å². The molecule has 10 nitrogen and oxygen atoms in total. The first-order valence-electron chi connectivity index (χ1n) is 11.1. The predicted octanol–water partition coefficient (Wildman–Crippen LogP) is 1.89. The first kappa shape index (κ1) is 22.1. The maximum atomic E-state index is 11.4. The second-order valence-electron chi connectivity index (χ2n) is 9.16. The highest BCUT2D eigenvalue weighted by atomic mass is 32.2. The van der Waals surface area contributed by atoms with Gasteiger partial charge in [-0.1, -0.05) is 0 Å². The van der Waals surface area contributed by atoms with Crippen molar-refractivity contribution >= 4 is 32.7 Å². The lowest BCUT2D eigenvalue weighted by atomic mass is 9.81. The SMILES string of the molecule is COc1cc2c(cc1Nc1ncc3cnn(CC4CC(NS(C)(=O)=O)C4)c3n1)CN(C)CC2. The van der Waals surface area contributed by atoms with Crippen LogP contribution in [0.3, 0.4) is 0 Å². The number of ether oxygens (including phenoxy) is 1. The molecule has 0 bridgehead atoms. The Morgan fingerprint density at radius 1 is 1.21 bits per heavy atom. The normalized spacial score (nSPS) is 20.9. The van der Waals surface area contributed by atoms with E-state index in [1.165, 1.54) is 17.4 Å². The molecule has 3 aromatic rings. The third-order valence-electron chi connectivity index (χ3n) is 6.40. The second-order valence-corrected chi connectivity index (χ2v) is 10.9. The molecular weight excluding hydrogens is 442 g/mol. The van der Waals surface area contributed by atoms with Gasteiger partial charge in [-0.15, -0.1) is 0 Å². The van der Waals surface area contributed by atoms with Crippen LogP contribution in [0, 0.1) is 5.92 Å². The largest absolute Gasteiger partial charge is 0.495 e. The van der Waals surface area contributed by atoms with Crippen LogP contribution in [-0.2, 0) is 29.5 Å². The van der Waals surface area contributed by atoms with Crippen LogP contribution in [-0.4, -0.2) is 66.1 Å². The summed E-state index contributed by atoms with van der Waals surface area (Å²) >= 11 is 0. The Labute approximate surface area is 193 Å². The average Bonchev–Trinajstić information content (AvgIpc) is 3.13. The standard InChI is InChI=1S/C22H29N7O3S/c1-28-5-4-15-9-20(32-2)19(8-16(15)13-28)25-22-23-10-17-11-24-29(21(17)26-22)12-14-6-18(7-14)27-33(3,30)31/h8-11,14,18,27H,4-7,12-13H2,1-3H3,(H,23,25,26). The van der Waals surface area contributed by atoms with Crippen molar-refractivity contribution in [3.63, 3.8) is 0 Å². The van der Waals surface area contributed by atoms with E-state index in [-0.39, 0.29) is 6.04 Å². The monoisotopic (exact) mass is 471 g/mol. The minimum Gasteiger partial charge on any atom is -0.495 e. The highest BCUT2D eigenvalue weighted by molar-refractivity contribution is 7.88. The molecule has 0 spiro atoms. The Morgan fingerprint density at radius 2 is 2.03 bits per heavy atom.